The van der Waals surface area contributed by atoms with E-state index in [-0.39, 0.29) is 0 Å². The van der Waals surface area contributed by atoms with Gasteiger partial charge in [-0.25, -0.2) is 0 Å². The highest BCUT2D eigenvalue weighted by Gasteiger charge is 2.31. The van der Waals surface area contributed by atoms with E-state index in [9.17, 15) is 5.11 Å². The average molecular weight is 276 g/mol. The lowest BCUT2D eigenvalue weighted by Crippen LogP contribution is -2.39. The second-order valence-corrected chi connectivity index (χ2v) is 6.26. The summed E-state index contributed by atoms with van der Waals surface area (Å²) in [6.45, 7) is 2.90. The second-order valence-electron chi connectivity index (χ2n) is 6.26. The molecule has 0 heterocycles. The monoisotopic (exact) mass is 276 g/mol. The van der Waals surface area contributed by atoms with E-state index in [1.54, 1.807) is 0 Å². The van der Waals surface area contributed by atoms with Gasteiger partial charge in [0.05, 0.1) is 5.60 Å². The maximum Gasteiger partial charge on any atom is 0.0771 e. The quantitative estimate of drug-likeness (QED) is 0.838. The van der Waals surface area contributed by atoms with Gasteiger partial charge in [-0.15, -0.1) is 0 Å². The molecule has 0 aliphatic heterocycles. The normalized spacial score (nSPS) is 19.0. The van der Waals surface area contributed by atoms with Gasteiger partial charge in [-0.3, -0.25) is 0 Å². The zero-order valence-electron chi connectivity index (χ0n) is 13.0. The minimum absolute atomic E-state index is 0.329. The summed E-state index contributed by atoms with van der Waals surface area (Å²) in [5.74, 6) is 0. The van der Waals surface area contributed by atoms with Gasteiger partial charge in [0.15, 0.2) is 0 Å². The molecule has 112 valence electrons. The Morgan fingerprint density at radius 2 is 1.80 bits per heavy atom. The molecule has 1 aliphatic carbocycles. The Kier molecular flexibility index (Phi) is 5.06. The highest BCUT2D eigenvalue weighted by molar-refractivity contribution is 5.46. The van der Waals surface area contributed by atoms with Crippen molar-refractivity contribution in [2.75, 3.05) is 25.5 Å². The van der Waals surface area contributed by atoms with Crippen LogP contribution in [0, 0.1) is 0 Å². The molecule has 3 nitrogen and oxygen atoms in total. The standard InChI is InChI=1S/C17H28N2O/c1-4-16(18-13-17(20)11-5-6-12-17)14-7-9-15(10-8-14)19(2)3/h7-10,16,18,20H,4-6,11-13H2,1-3H3. The Morgan fingerprint density at radius 1 is 1.20 bits per heavy atom. The van der Waals surface area contributed by atoms with Gasteiger partial charge in [-0.05, 0) is 37.0 Å². The van der Waals surface area contributed by atoms with Gasteiger partial charge >= 0.3 is 0 Å². The van der Waals surface area contributed by atoms with Gasteiger partial charge < -0.3 is 15.3 Å². The smallest absolute Gasteiger partial charge is 0.0771 e. The minimum atomic E-state index is -0.475. The molecule has 20 heavy (non-hydrogen) atoms. The Morgan fingerprint density at radius 3 is 2.30 bits per heavy atom. The van der Waals surface area contributed by atoms with Crippen molar-refractivity contribution in [3.05, 3.63) is 29.8 Å². The number of nitrogens with zero attached hydrogens (tertiary/aromatic N) is 1. The average Bonchev–Trinajstić information content (AvgIpc) is 2.87. The van der Waals surface area contributed by atoms with Gasteiger partial charge in [-0.2, -0.15) is 0 Å². The highest BCUT2D eigenvalue weighted by Crippen LogP contribution is 2.30. The third-order valence-electron chi connectivity index (χ3n) is 4.43. The van der Waals surface area contributed by atoms with E-state index in [0.29, 0.717) is 12.6 Å². The molecule has 3 heteroatoms. The van der Waals surface area contributed by atoms with Crippen LogP contribution in [0.15, 0.2) is 24.3 Å². The molecule has 2 N–H and O–H groups in total. The molecule has 1 unspecified atom stereocenters. The van der Waals surface area contributed by atoms with E-state index in [4.69, 9.17) is 0 Å². The van der Waals surface area contributed by atoms with E-state index in [2.05, 4.69) is 55.5 Å². The molecule has 0 radical (unpaired) electrons. The molecule has 0 aromatic heterocycles. The summed E-state index contributed by atoms with van der Waals surface area (Å²) < 4.78 is 0. The van der Waals surface area contributed by atoms with Crippen LogP contribution in [0.25, 0.3) is 0 Å². The van der Waals surface area contributed by atoms with Gasteiger partial charge in [0.2, 0.25) is 0 Å². The molecule has 1 fully saturated rings. The van der Waals surface area contributed by atoms with E-state index in [0.717, 1.165) is 32.1 Å². The van der Waals surface area contributed by atoms with Gasteiger partial charge in [0.1, 0.15) is 0 Å². The zero-order chi connectivity index (χ0) is 14.6. The topological polar surface area (TPSA) is 35.5 Å². The number of benzene rings is 1. The fourth-order valence-electron chi connectivity index (χ4n) is 3.03. The summed E-state index contributed by atoms with van der Waals surface area (Å²) in [7, 11) is 4.11. The predicted octanol–water partition coefficient (Wildman–Crippen LogP) is 3.10. The summed E-state index contributed by atoms with van der Waals surface area (Å²) in [6, 6.07) is 9.02. The molecule has 1 aromatic carbocycles. The summed E-state index contributed by atoms with van der Waals surface area (Å²) >= 11 is 0. The number of hydrogen-bond acceptors (Lipinski definition) is 3. The third-order valence-corrected chi connectivity index (χ3v) is 4.43. The van der Waals surface area contributed by atoms with Crippen molar-refractivity contribution in [3.8, 4) is 0 Å². The fourth-order valence-corrected chi connectivity index (χ4v) is 3.03. The van der Waals surface area contributed by atoms with Crippen LogP contribution in [0.4, 0.5) is 5.69 Å². The number of aliphatic hydroxyl groups is 1. The van der Waals surface area contributed by atoms with Crippen LogP contribution in [0.3, 0.4) is 0 Å². The van der Waals surface area contributed by atoms with Crippen LogP contribution in [-0.4, -0.2) is 31.3 Å². The molecule has 0 bridgehead atoms. The van der Waals surface area contributed by atoms with Crippen molar-refractivity contribution in [1.29, 1.82) is 0 Å². The van der Waals surface area contributed by atoms with Crippen LogP contribution >= 0.6 is 0 Å². The van der Waals surface area contributed by atoms with E-state index in [1.165, 1.54) is 11.3 Å². The molecule has 1 aromatic rings. The maximum absolute atomic E-state index is 10.4. The Labute approximate surface area is 123 Å². The molecular formula is C17H28N2O. The number of nitrogens with one attached hydrogen (secondary N) is 1. The first-order chi connectivity index (χ1) is 9.54. The van der Waals surface area contributed by atoms with Crippen molar-refractivity contribution >= 4 is 5.69 Å². The van der Waals surface area contributed by atoms with Crippen molar-refractivity contribution in [2.45, 2.75) is 50.7 Å². The first-order valence-corrected chi connectivity index (χ1v) is 7.77. The maximum atomic E-state index is 10.4. The van der Waals surface area contributed by atoms with Crippen molar-refractivity contribution < 1.29 is 5.11 Å². The molecular weight excluding hydrogens is 248 g/mol. The summed E-state index contributed by atoms with van der Waals surface area (Å²) in [5, 5.41) is 14.0. The Balaban J connectivity index is 1.97. The fraction of sp³-hybridized carbons (Fsp3) is 0.647. The molecule has 0 spiro atoms. The second kappa shape index (κ2) is 6.59. The first-order valence-electron chi connectivity index (χ1n) is 7.77. The molecule has 1 saturated carbocycles. The lowest BCUT2D eigenvalue weighted by atomic mass is 9.99. The number of hydrogen-bond donors (Lipinski definition) is 2. The summed E-state index contributed by atoms with van der Waals surface area (Å²) in [5.41, 5.74) is 2.05. The van der Waals surface area contributed by atoms with Crippen LogP contribution in [-0.2, 0) is 0 Å². The molecule has 2 rings (SSSR count). The van der Waals surface area contributed by atoms with Gasteiger partial charge in [0.25, 0.3) is 0 Å². The third kappa shape index (κ3) is 3.74. The van der Waals surface area contributed by atoms with E-state index in [1.807, 2.05) is 0 Å². The molecule has 0 amide bonds. The minimum Gasteiger partial charge on any atom is -0.389 e. The van der Waals surface area contributed by atoms with Crippen molar-refractivity contribution in [2.24, 2.45) is 0 Å². The number of rotatable bonds is 6. The lowest BCUT2D eigenvalue weighted by molar-refractivity contribution is 0.0446. The Bertz CT molecular complexity index is 408. The van der Waals surface area contributed by atoms with Crippen molar-refractivity contribution in [3.63, 3.8) is 0 Å². The lowest BCUT2D eigenvalue weighted by Gasteiger charge is -2.27. The van der Waals surface area contributed by atoms with Crippen LogP contribution in [0.2, 0.25) is 0 Å². The highest BCUT2D eigenvalue weighted by atomic mass is 16.3. The van der Waals surface area contributed by atoms with E-state index >= 15 is 0 Å². The van der Waals surface area contributed by atoms with E-state index < -0.39 is 5.60 Å². The van der Waals surface area contributed by atoms with Crippen LogP contribution in [0.5, 0.6) is 0 Å². The van der Waals surface area contributed by atoms with Crippen LogP contribution in [0.1, 0.15) is 50.6 Å². The molecule has 1 aliphatic rings. The van der Waals surface area contributed by atoms with Crippen LogP contribution < -0.4 is 10.2 Å². The van der Waals surface area contributed by atoms with Gasteiger partial charge in [0, 0.05) is 32.4 Å². The SMILES string of the molecule is CCC(NCC1(O)CCCC1)c1ccc(N(C)C)cc1. The zero-order valence-corrected chi connectivity index (χ0v) is 13.0. The predicted molar refractivity (Wildman–Crippen MR) is 85.2 cm³/mol. The Hall–Kier alpha value is -1.06. The summed E-state index contributed by atoms with van der Waals surface area (Å²) in [4.78, 5) is 2.11. The molecule has 1 atom stereocenters. The largest absolute Gasteiger partial charge is 0.389 e. The summed E-state index contributed by atoms with van der Waals surface area (Å²) in [6.07, 6.45) is 5.24. The van der Waals surface area contributed by atoms with Crippen molar-refractivity contribution in [1.82, 2.24) is 5.32 Å². The number of anilines is 1. The van der Waals surface area contributed by atoms with Gasteiger partial charge in [-0.1, -0.05) is 31.9 Å². The first kappa shape index (κ1) is 15.3. The molecule has 0 saturated heterocycles.